The second-order valence-electron chi connectivity index (χ2n) is 5.36. The molecule has 2 aromatic heterocycles. The maximum absolute atomic E-state index is 13.0. The first-order chi connectivity index (χ1) is 12.2. The number of ether oxygens (including phenoxy) is 1. The maximum Gasteiger partial charge on any atom is 0.307 e. The molecule has 0 fully saturated rings. The van der Waals surface area contributed by atoms with E-state index in [0.29, 0.717) is 17.9 Å². The van der Waals surface area contributed by atoms with Gasteiger partial charge in [0.25, 0.3) is 5.91 Å². The van der Waals surface area contributed by atoms with Crippen LogP contribution in [0.3, 0.4) is 0 Å². The predicted molar refractivity (Wildman–Crippen MR) is 93.3 cm³/mol. The number of hydrogen-bond acceptors (Lipinski definition) is 5. The summed E-state index contributed by atoms with van der Waals surface area (Å²) in [6.45, 7) is 2.28. The fraction of sp³-hybridized carbons (Fsp3) is 0.222. The maximum atomic E-state index is 13.0. The van der Waals surface area contributed by atoms with Crippen LogP contribution in [0, 0.1) is 0 Å². The number of pyridine rings is 1. The van der Waals surface area contributed by atoms with Gasteiger partial charge in [0.2, 0.25) is 0 Å². The van der Waals surface area contributed by atoms with Crippen molar-refractivity contribution in [3.8, 4) is 0 Å². The number of aromatic amines is 1. The zero-order chi connectivity index (χ0) is 17.6. The third-order valence-corrected chi connectivity index (χ3v) is 3.71. The zero-order valence-electron chi connectivity index (χ0n) is 13.8. The number of rotatable bonds is 6. The van der Waals surface area contributed by atoms with Gasteiger partial charge in [-0.1, -0.05) is 0 Å². The summed E-state index contributed by atoms with van der Waals surface area (Å²) in [5, 5.41) is 0. The Hall–Kier alpha value is -3.22. The number of nitrogens with zero attached hydrogens (tertiary/aromatic N) is 3. The molecular formula is C18H18N4O3. The lowest BCUT2D eigenvalue weighted by Gasteiger charge is -2.22. The van der Waals surface area contributed by atoms with Gasteiger partial charge in [-0.15, -0.1) is 0 Å². The Labute approximate surface area is 144 Å². The van der Waals surface area contributed by atoms with E-state index in [2.05, 4.69) is 15.0 Å². The van der Waals surface area contributed by atoms with E-state index < -0.39 is 0 Å². The molecule has 0 saturated heterocycles. The molecule has 2 heterocycles. The number of carbonyl (C=O) groups is 2. The number of carbonyl (C=O) groups excluding carboxylic acids is 2. The van der Waals surface area contributed by atoms with Gasteiger partial charge < -0.3 is 14.6 Å². The molecule has 1 amide bonds. The van der Waals surface area contributed by atoms with Crippen LogP contribution in [0.25, 0.3) is 11.0 Å². The van der Waals surface area contributed by atoms with Crippen molar-refractivity contribution in [3.63, 3.8) is 0 Å². The Balaban J connectivity index is 1.86. The van der Waals surface area contributed by atoms with Crippen molar-refractivity contribution < 1.29 is 14.3 Å². The van der Waals surface area contributed by atoms with Gasteiger partial charge in [0.05, 0.1) is 42.3 Å². The molecule has 128 valence electrons. The Morgan fingerprint density at radius 3 is 2.92 bits per heavy atom. The highest BCUT2D eigenvalue weighted by Gasteiger charge is 2.20. The fourth-order valence-corrected chi connectivity index (χ4v) is 2.52. The number of hydrogen-bond donors (Lipinski definition) is 1. The van der Waals surface area contributed by atoms with Crippen molar-refractivity contribution in [2.75, 3.05) is 18.1 Å². The SMILES string of the molecule is CCOC(=O)CCN(C(=O)c1ccc2nc[nH]c2c1)c1cccnc1. The molecule has 0 unspecified atom stereocenters. The standard InChI is InChI=1S/C18H18N4O3/c1-2-25-17(23)7-9-22(14-4-3-8-19-11-14)18(24)13-5-6-15-16(10-13)21-12-20-15/h3-6,8,10-12H,2,7,9H2,1H3,(H,20,21). The van der Waals surface area contributed by atoms with Gasteiger partial charge in [-0.25, -0.2) is 4.98 Å². The lowest BCUT2D eigenvalue weighted by Crippen LogP contribution is -2.33. The molecule has 1 N–H and O–H groups in total. The van der Waals surface area contributed by atoms with Crippen LogP contribution in [0.4, 0.5) is 5.69 Å². The summed E-state index contributed by atoms with van der Waals surface area (Å²) in [7, 11) is 0. The van der Waals surface area contributed by atoms with Crippen LogP contribution in [-0.2, 0) is 9.53 Å². The highest BCUT2D eigenvalue weighted by molar-refractivity contribution is 6.07. The number of aromatic nitrogens is 3. The molecule has 7 heteroatoms. The van der Waals surface area contributed by atoms with Gasteiger partial charge in [-0.05, 0) is 37.3 Å². The van der Waals surface area contributed by atoms with Crippen molar-refractivity contribution in [1.29, 1.82) is 0 Å². The monoisotopic (exact) mass is 338 g/mol. The summed E-state index contributed by atoms with van der Waals surface area (Å²) in [4.78, 5) is 37.4. The number of amides is 1. The van der Waals surface area contributed by atoms with Crippen molar-refractivity contribution >= 4 is 28.6 Å². The highest BCUT2D eigenvalue weighted by Crippen LogP contribution is 2.19. The van der Waals surface area contributed by atoms with E-state index in [9.17, 15) is 9.59 Å². The topological polar surface area (TPSA) is 88.2 Å². The van der Waals surface area contributed by atoms with Crippen LogP contribution in [0.15, 0.2) is 49.1 Å². The molecule has 0 bridgehead atoms. The number of H-pyrrole nitrogens is 1. The molecule has 7 nitrogen and oxygen atoms in total. The number of nitrogens with one attached hydrogen (secondary N) is 1. The van der Waals surface area contributed by atoms with Crippen LogP contribution in [0.2, 0.25) is 0 Å². The number of fused-ring (bicyclic) bond motifs is 1. The van der Waals surface area contributed by atoms with Crippen molar-refractivity contribution in [2.24, 2.45) is 0 Å². The van der Waals surface area contributed by atoms with Gasteiger partial charge in [-0.2, -0.15) is 0 Å². The molecule has 0 spiro atoms. The molecule has 0 atom stereocenters. The molecule has 25 heavy (non-hydrogen) atoms. The van der Waals surface area contributed by atoms with Gasteiger partial charge in [-0.3, -0.25) is 14.6 Å². The first-order valence-electron chi connectivity index (χ1n) is 7.99. The van der Waals surface area contributed by atoms with Gasteiger partial charge in [0.15, 0.2) is 0 Å². The average molecular weight is 338 g/mol. The van der Waals surface area contributed by atoms with Crippen LogP contribution in [0.1, 0.15) is 23.7 Å². The molecule has 0 aliphatic heterocycles. The van der Waals surface area contributed by atoms with E-state index in [0.717, 1.165) is 11.0 Å². The average Bonchev–Trinajstić information content (AvgIpc) is 3.10. The molecule has 0 saturated carbocycles. The van der Waals surface area contributed by atoms with Gasteiger partial charge in [0.1, 0.15) is 0 Å². The summed E-state index contributed by atoms with van der Waals surface area (Å²) in [6.07, 6.45) is 4.92. The molecule has 0 aliphatic rings. The van der Waals surface area contributed by atoms with E-state index in [4.69, 9.17) is 4.74 Å². The molecule has 0 radical (unpaired) electrons. The molecular weight excluding hydrogens is 320 g/mol. The third-order valence-electron chi connectivity index (χ3n) is 3.71. The lowest BCUT2D eigenvalue weighted by molar-refractivity contribution is -0.142. The van der Waals surface area contributed by atoms with Crippen LogP contribution >= 0.6 is 0 Å². The van der Waals surface area contributed by atoms with E-state index in [1.54, 1.807) is 56.0 Å². The third kappa shape index (κ3) is 3.82. The second kappa shape index (κ2) is 7.57. The van der Waals surface area contributed by atoms with E-state index in [-0.39, 0.29) is 24.8 Å². The first kappa shape index (κ1) is 16.6. The zero-order valence-corrected chi connectivity index (χ0v) is 13.8. The minimum absolute atomic E-state index is 0.112. The lowest BCUT2D eigenvalue weighted by atomic mass is 10.1. The van der Waals surface area contributed by atoms with E-state index >= 15 is 0 Å². The van der Waals surface area contributed by atoms with Crippen LogP contribution in [0.5, 0.6) is 0 Å². The van der Waals surface area contributed by atoms with Gasteiger partial charge >= 0.3 is 5.97 Å². The van der Waals surface area contributed by atoms with Gasteiger partial charge in [0, 0.05) is 18.3 Å². The van der Waals surface area contributed by atoms with Crippen molar-refractivity contribution in [1.82, 2.24) is 15.0 Å². The summed E-state index contributed by atoms with van der Waals surface area (Å²) in [5.41, 5.74) is 2.70. The van der Waals surface area contributed by atoms with E-state index in [1.165, 1.54) is 4.90 Å². The summed E-state index contributed by atoms with van der Waals surface area (Å²) in [6, 6.07) is 8.78. The number of esters is 1. The summed E-state index contributed by atoms with van der Waals surface area (Å²) in [5.74, 6) is -0.554. The highest BCUT2D eigenvalue weighted by atomic mass is 16.5. The number of anilines is 1. The normalized spacial score (nSPS) is 10.6. The van der Waals surface area contributed by atoms with E-state index in [1.807, 2.05) is 0 Å². The number of benzene rings is 1. The Morgan fingerprint density at radius 1 is 1.28 bits per heavy atom. The molecule has 3 rings (SSSR count). The largest absolute Gasteiger partial charge is 0.466 e. The quantitative estimate of drug-likeness (QED) is 0.698. The minimum atomic E-state index is -0.340. The molecule has 1 aromatic carbocycles. The Kier molecular flexibility index (Phi) is 5.03. The van der Waals surface area contributed by atoms with Crippen LogP contribution < -0.4 is 4.90 Å². The minimum Gasteiger partial charge on any atom is -0.466 e. The first-order valence-corrected chi connectivity index (χ1v) is 7.99. The predicted octanol–water partition coefficient (Wildman–Crippen LogP) is 2.56. The summed E-state index contributed by atoms with van der Waals surface area (Å²) < 4.78 is 4.96. The van der Waals surface area contributed by atoms with Crippen molar-refractivity contribution in [2.45, 2.75) is 13.3 Å². The molecule has 0 aliphatic carbocycles. The Bertz CT molecular complexity index is 876. The Morgan fingerprint density at radius 2 is 2.16 bits per heavy atom. The summed E-state index contributed by atoms with van der Waals surface area (Å²) >= 11 is 0. The number of imidazole rings is 1. The molecule has 3 aromatic rings. The second-order valence-corrected chi connectivity index (χ2v) is 5.36. The van der Waals surface area contributed by atoms with Crippen molar-refractivity contribution in [3.05, 3.63) is 54.6 Å². The van der Waals surface area contributed by atoms with Crippen LogP contribution in [-0.4, -0.2) is 40.0 Å². The fourth-order valence-electron chi connectivity index (χ4n) is 2.52. The smallest absolute Gasteiger partial charge is 0.307 e.